The number of pyridine rings is 2. The van der Waals surface area contributed by atoms with E-state index in [2.05, 4.69) is 52.9 Å². The summed E-state index contributed by atoms with van der Waals surface area (Å²) in [7, 11) is 2.14. The fourth-order valence-electron chi connectivity index (χ4n) is 3.02. The number of hydrogen-bond donors (Lipinski definition) is 1. The van der Waals surface area contributed by atoms with E-state index < -0.39 is 0 Å². The molecule has 1 aliphatic rings. The summed E-state index contributed by atoms with van der Waals surface area (Å²) in [5.74, 6) is 1.20. The Bertz CT molecular complexity index is 739. The Morgan fingerprint density at radius 3 is 2.44 bits per heavy atom. The molecule has 0 spiro atoms. The van der Waals surface area contributed by atoms with Crippen LogP contribution in [0.3, 0.4) is 0 Å². The van der Waals surface area contributed by atoms with Crippen LogP contribution in [0.15, 0.2) is 30.5 Å². The average Bonchev–Trinajstić information content (AvgIpc) is 2.68. The van der Waals surface area contributed by atoms with Crippen molar-refractivity contribution < 1.29 is 4.39 Å². The molecule has 0 aliphatic carbocycles. The highest BCUT2D eigenvalue weighted by Gasteiger charge is 2.16. The third-order valence-electron chi connectivity index (χ3n) is 5.38. The van der Waals surface area contributed by atoms with Gasteiger partial charge in [-0.05, 0) is 44.2 Å². The Labute approximate surface area is 161 Å². The molecule has 27 heavy (non-hydrogen) atoms. The minimum absolute atomic E-state index is 0.274. The zero-order valence-corrected chi connectivity index (χ0v) is 16.7. The van der Waals surface area contributed by atoms with Gasteiger partial charge >= 0.3 is 0 Å². The molecule has 3 rings (SSSR count). The number of rotatable bonds is 6. The molecule has 1 saturated heterocycles. The van der Waals surface area contributed by atoms with Gasteiger partial charge in [0, 0.05) is 50.5 Å². The molecule has 3 heterocycles. The number of piperazine rings is 1. The second-order valence-corrected chi connectivity index (χ2v) is 7.73. The predicted molar refractivity (Wildman–Crippen MR) is 108 cm³/mol. The van der Waals surface area contributed by atoms with E-state index in [9.17, 15) is 4.39 Å². The zero-order chi connectivity index (χ0) is 19.4. The molecule has 1 atom stereocenters. The fraction of sp³-hybridized carbons (Fsp3) is 0.524. The molecule has 146 valence electrons. The number of likely N-dealkylation sites (N-methyl/N-ethyl adjacent to an activating group) is 1. The Morgan fingerprint density at radius 1 is 1.07 bits per heavy atom. The van der Waals surface area contributed by atoms with E-state index >= 15 is 0 Å². The first-order valence-electron chi connectivity index (χ1n) is 9.72. The molecule has 0 radical (unpaired) electrons. The van der Waals surface area contributed by atoms with Gasteiger partial charge in [-0.25, -0.2) is 14.4 Å². The normalized spacial score (nSPS) is 16.7. The molecular weight excluding hydrogens is 341 g/mol. The molecule has 0 saturated carbocycles. The molecule has 1 fully saturated rings. The topological polar surface area (TPSA) is 44.3 Å². The standard InChI is InChI=1S/C21H30FN5/c1-15(2)16(3)23-14-20-18(22)6-7-19(25-20)17-5-8-21(24-13-17)27-11-9-26(4)10-12-27/h5-8,13,15-16,23H,9-12,14H2,1-4H3/t16-/m1/s1. The van der Waals surface area contributed by atoms with Gasteiger partial charge in [-0.3, -0.25) is 0 Å². The quantitative estimate of drug-likeness (QED) is 0.845. The van der Waals surface area contributed by atoms with Gasteiger partial charge in [0.1, 0.15) is 11.6 Å². The van der Waals surface area contributed by atoms with E-state index in [1.54, 1.807) is 6.07 Å². The molecule has 1 aliphatic heterocycles. The summed E-state index contributed by atoms with van der Waals surface area (Å²) < 4.78 is 14.1. The second kappa shape index (κ2) is 8.76. The van der Waals surface area contributed by atoms with Gasteiger partial charge in [0.25, 0.3) is 0 Å². The lowest BCUT2D eigenvalue weighted by molar-refractivity contribution is 0.312. The van der Waals surface area contributed by atoms with Crippen molar-refractivity contribution in [2.75, 3.05) is 38.1 Å². The second-order valence-electron chi connectivity index (χ2n) is 7.73. The van der Waals surface area contributed by atoms with Gasteiger partial charge in [-0.2, -0.15) is 0 Å². The highest BCUT2D eigenvalue weighted by Crippen LogP contribution is 2.21. The Hall–Kier alpha value is -2.05. The minimum Gasteiger partial charge on any atom is -0.354 e. The first-order valence-corrected chi connectivity index (χ1v) is 9.72. The molecular formula is C21H30FN5. The van der Waals surface area contributed by atoms with Crippen LogP contribution in [-0.2, 0) is 6.54 Å². The van der Waals surface area contributed by atoms with Crippen LogP contribution in [0.4, 0.5) is 10.2 Å². The maximum absolute atomic E-state index is 14.1. The Morgan fingerprint density at radius 2 is 1.81 bits per heavy atom. The summed E-state index contributed by atoms with van der Waals surface area (Å²) in [5.41, 5.74) is 2.11. The number of nitrogens with zero attached hydrogens (tertiary/aromatic N) is 4. The van der Waals surface area contributed by atoms with Crippen molar-refractivity contribution in [1.29, 1.82) is 0 Å². The summed E-state index contributed by atoms with van der Waals surface area (Å²) in [4.78, 5) is 13.8. The van der Waals surface area contributed by atoms with Crippen molar-refractivity contribution >= 4 is 5.82 Å². The highest BCUT2D eigenvalue weighted by molar-refractivity contribution is 5.60. The molecule has 0 amide bonds. The van der Waals surface area contributed by atoms with Gasteiger partial charge in [-0.15, -0.1) is 0 Å². The summed E-state index contributed by atoms with van der Waals surface area (Å²) >= 11 is 0. The number of halogens is 1. The van der Waals surface area contributed by atoms with Crippen LogP contribution >= 0.6 is 0 Å². The molecule has 0 bridgehead atoms. The molecule has 6 heteroatoms. The van der Waals surface area contributed by atoms with Gasteiger partial charge < -0.3 is 15.1 Å². The Balaban J connectivity index is 1.71. The summed E-state index contributed by atoms with van der Waals surface area (Å²) in [5, 5.41) is 3.34. The minimum atomic E-state index is -0.274. The van der Waals surface area contributed by atoms with Crippen molar-refractivity contribution in [1.82, 2.24) is 20.2 Å². The summed E-state index contributed by atoms with van der Waals surface area (Å²) in [6.45, 7) is 10.9. The molecule has 1 N–H and O–H groups in total. The van der Waals surface area contributed by atoms with Crippen molar-refractivity contribution in [3.63, 3.8) is 0 Å². The van der Waals surface area contributed by atoms with Gasteiger partial charge in [0.05, 0.1) is 11.4 Å². The monoisotopic (exact) mass is 371 g/mol. The van der Waals surface area contributed by atoms with E-state index in [0.29, 0.717) is 24.2 Å². The van der Waals surface area contributed by atoms with Crippen LogP contribution in [0.25, 0.3) is 11.3 Å². The average molecular weight is 372 g/mol. The molecule has 5 nitrogen and oxygen atoms in total. The Kier molecular flexibility index (Phi) is 6.39. The van der Waals surface area contributed by atoms with Crippen LogP contribution in [-0.4, -0.2) is 54.1 Å². The van der Waals surface area contributed by atoms with Crippen LogP contribution in [0, 0.1) is 11.7 Å². The lowest BCUT2D eigenvalue weighted by Crippen LogP contribution is -2.44. The van der Waals surface area contributed by atoms with Crippen molar-refractivity contribution in [2.24, 2.45) is 5.92 Å². The molecule has 0 aromatic carbocycles. The number of anilines is 1. The maximum Gasteiger partial charge on any atom is 0.146 e. The highest BCUT2D eigenvalue weighted by atomic mass is 19.1. The van der Waals surface area contributed by atoms with E-state index in [1.807, 2.05) is 18.3 Å². The lowest BCUT2D eigenvalue weighted by Gasteiger charge is -2.33. The third kappa shape index (κ3) is 5.02. The van der Waals surface area contributed by atoms with E-state index in [1.165, 1.54) is 6.07 Å². The zero-order valence-electron chi connectivity index (χ0n) is 16.7. The number of aromatic nitrogens is 2. The first-order chi connectivity index (χ1) is 12.9. The fourth-order valence-corrected chi connectivity index (χ4v) is 3.02. The molecule has 2 aromatic rings. The number of hydrogen-bond acceptors (Lipinski definition) is 5. The van der Waals surface area contributed by atoms with Crippen LogP contribution in [0.2, 0.25) is 0 Å². The van der Waals surface area contributed by atoms with Crippen molar-refractivity contribution in [3.05, 3.63) is 42.0 Å². The first kappa shape index (κ1) is 19.7. The largest absolute Gasteiger partial charge is 0.354 e. The van der Waals surface area contributed by atoms with Crippen LogP contribution < -0.4 is 10.2 Å². The van der Waals surface area contributed by atoms with Gasteiger partial charge in [0.15, 0.2) is 0 Å². The van der Waals surface area contributed by atoms with Crippen molar-refractivity contribution in [2.45, 2.75) is 33.4 Å². The maximum atomic E-state index is 14.1. The number of nitrogens with one attached hydrogen (secondary N) is 1. The summed E-state index contributed by atoms with van der Waals surface area (Å²) in [6, 6.07) is 7.57. The molecule has 2 aromatic heterocycles. The van der Waals surface area contributed by atoms with Crippen LogP contribution in [0.1, 0.15) is 26.5 Å². The van der Waals surface area contributed by atoms with Gasteiger partial charge in [-0.1, -0.05) is 13.8 Å². The summed E-state index contributed by atoms with van der Waals surface area (Å²) in [6.07, 6.45) is 1.84. The van der Waals surface area contributed by atoms with E-state index in [0.717, 1.165) is 43.3 Å². The SMILES string of the molecule is CC(C)[C@@H](C)NCc1nc(-c2ccc(N3CCN(C)CC3)nc2)ccc1F. The smallest absolute Gasteiger partial charge is 0.146 e. The molecule has 0 unspecified atom stereocenters. The van der Waals surface area contributed by atoms with Crippen LogP contribution in [0.5, 0.6) is 0 Å². The van der Waals surface area contributed by atoms with Crippen molar-refractivity contribution in [3.8, 4) is 11.3 Å². The predicted octanol–water partition coefficient (Wildman–Crippen LogP) is 3.17. The lowest BCUT2D eigenvalue weighted by atomic mass is 10.1. The third-order valence-corrected chi connectivity index (χ3v) is 5.38. The van der Waals surface area contributed by atoms with E-state index in [-0.39, 0.29) is 5.82 Å². The van der Waals surface area contributed by atoms with Gasteiger partial charge in [0.2, 0.25) is 0 Å². The van der Waals surface area contributed by atoms with E-state index in [4.69, 9.17) is 0 Å².